The zero-order chi connectivity index (χ0) is 33.7. The topological polar surface area (TPSA) is 84.0 Å². The van der Waals surface area contributed by atoms with Gasteiger partial charge in [-0.1, -0.05) is 69.7 Å². The van der Waals surface area contributed by atoms with Crippen molar-refractivity contribution in [2.75, 3.05) is 62.6 Å². The van der Waals surface area contributed by atoms with Gasteiger partial charge in [-0.05, 0) is 93.0 Å². The van der Waals surface area contributed by atoms with Crippen LogP contribution < -0.4 is 16.0 Å². The van der Waals surface area contributed by atoms with Gasteiger partial charge in [0.05, 0.1) is 38.0 Å². The van der Waals surface area contributed by atoms with Crippen molar-refractivity contribution in [3.63, 3.8) is 0 Å². The summed E-state index contributed by atoms with van der Waals surface area (Å²) < 4.78 is 15.6. The van der Waals surface area contributed by atoms with Crippen molar-refractivity contribution >= 4 is 17.1 Å². The summed E-state index contributed by atoms with van der Waals surface area (Å²) in [5.74, 6) is 0.730. The molecular weight excluding hydrogens is 574 g/mol. The van der Waals surface area contributed by atoms with Gasteiger partial charge in [-0.2, -0.15) is 0 Å². The summed E-state index contributed by atoms with van der Waals surface area (Å²) in [5, 5.41) is 19.6. The third kappa shape index (κ3) is 13.7. The van der Waals surface area contributed by atoms with Crippen LogP contribution in [0.4, 0.5) is 17.1 Å². The Hall–Kier alpha value is -3.10. The molecule has 0 spiro atoms. The van der Waals surface area contributed by atoms with Gasteiger partial charge in [-0.25, -0.2) is 0 Å². The molecule has 46 heavy (non-hydrogen) atoms. The lowest BCUT2D eigenvalue weighted by Crippen LogP contribution is -2.41. The minimum Gasteiger partial charge on any atom is -0.389 e. The summed E-state index contributed by atoms with van der Waals surface area (Å²) in [5.41, 5.74) is 8.83. The highest BCUT2D eigenvalue weighted by Crippen LogP contribution is 2.27. The summed E-state index contributed by atoms with van der Waals surface area (Å²) >= 11 is 0. The number of rotatable bonds is 6. The average Bonchev–Trinajstić information content (AvgIpc) is 3.08. The smallest absolute Gasteiger partial charge is 0.0974 e. The van der Waals surface area contributed by atoms with Crippen molar-refractivity contribution in [3.8, 4) is 0 Å². The molecule has 7 nitrogen and oxygen atoms in total. The Morgan fingerprint density at radius 1 is 0.630 bits per heavy atom. The molecule has 3 aliphatic rings. The molecule has 0 bridgehead atoms. The third-order valence-electron chi connectivity index (χ3n) is 8.08. The Labute approximate surface area is 279 Å². The average molecular weight is 636 g/mol. The Morgan fingerprint density at radius 2 is 1.28 bits per heavy atom. The van der Waals surface area contributed by atoms with E-state index in [-0.39, 0.29) is 6.04 Å². The minimum absolute atomic E-state index is 0.0841. The first-order chi connectivity index (χ1) is 22.4. The number of anilines is 3. The number of nitrogens with one attached hydrogen (secondary N) is 3. The SMILES string of the molecule is CC.CC.CNc1cccc(NC2CCOCC2O)c1.Cc1ccc(NC2COC2)cc1C.Cc1cccc(C2CCOCC2)c1. The molecule has 0 aliphatic carbocycles. The monoisotopic (exact) mass is 635 g/mol. The second-order valence-electron chi connectivity index (χ2n) is 11.5. The lowest BCUT2D eigenvalue weighted by molar-refractivity contribution is -0.0134. The fourth-order valence-corrected chi connectivity index (χ4v) is 5.21. The van der Waals surface area contributed by atoms with Gasteiger partial charge in [0.1, 0.15) is 0 Å². The van der Waals surface area contributed by atoms with Crippen LogP contribution in [0.15, 0.2) is 66.7 Å². The van der Waals surface area contributed by atoms with E-state index in [4.69, 9.17) is 14.2 Å². The maximum atomic E-state index is 9.75. The molecule has 3 saturated heterocycles. The Bertz CT molecular complexity index is 1230. The first-order valence-electron chi connectivity index (χ1n) is 17.3. The van der Waals surface area contributed by atoms with E-state index >= 15 is 0 Å². The number of hydrogen-bond acceptors (Lipinski definition) is 7. The van der Waals surface area contributed by atoms with Gasteiger partial charge in [0, 0.05) is 43.9 Å². The van der Waals surface area contributed by atoms with Gasteiger partial charge in [-0.3, -0.25) is 0 Å². The number of aryl methyl sites for hydroxylation is 3. The maximum absolute atomic E-state index is 9.75. The number of hydrogen-bond donors (Lipinski definition) is 4. The van der Waals surface area contributed by atoms with E-state index in [9.17, 15) is 5.11 Å². The summed E-state index contributed by atoms with van der Waals surface area (Å²) in [6.45, 7) is 19.1. The predicted molar refractivity (Wildman–Crippen MR) is 196 cm³/mol. The maximum Gasteiger partial charge on any atom is 0.0974 e. The number of ether oxygens (including phenoxy) is 3. The normalized spacial score (nSPS) is 19.1. The lowest BCUT2D eigenvalue weighted by atomic mass is 9.91. The van der Waals surface area contributed by atoms with Crippen molar-refractivity contribution in [3.05, 3.63) is 89.0 Å². The quantitative estimate of drug-likeness (QED) is 0.217. The Balaban J connectivity index is 0.000000229. The number of aliphatic hydroxyl groups excluding tert-OH is 1. The van der Waals surface area contributed by atoms with E-state index in [1.165, 1.54) is 40.8 Å². The first kappa shape index (κ1) is 39.1. The van der Waals surface area contributed by atoms with Gasteiger partial charge in [-0.15, -0.1) is 0 Å². The fraction of sp³-hybridized carbons (Fsp3) is 0.538. The van der Waals surface area contributed by atoms with Crippen molar-refractivity contribution in [2.45, 2.75) is 91.8 Å². The van der Waals surface area contributed by atoms with Crippen LogP contribution in [0.25, 0.3) is 0 Å². The van der Waals surface area contributed by atoms with Crippen molar-refractivity contribution in [1.29, 1.82) is 0 Å². The van der Waals surface area contributed by atoms with E-state index in [0.29, 0.717) is 19.3 Å². The molecule has 7 heteroatoms. The van der Waals surface area contributed by atoms with Crippen molar-refractivity contribution < 1.29 is 19.3 Å². The zero-order valence-electron chi connectivity index (χ0n) is 29.7. The molecular formula is C39H61N3O4. The van der Waals surface area contributed by atoms with Crippen molar-refractivity contribution in [1.82, 2.24) is 0 Å². The van der Waals surface area contributed by atoms with E-state index in [2.05, 4.69) is 79.2 Å². The number of benzene rings is 3. The van der Waals surface area contributed by atoms with E-state index in [0.717, 1.165) is 50.1 Å². The van der Waals surface area contributed by atoms with Gasteiger partial charge < -0.3 is 35.3 Å². The van der Waals surface area contributed by atoms with Crippen LogP contribution in [0, 0.1) is 20.8 Å². The Kier molecular flexibility index (Phi) is 19.1. The first-order valence-corrected chi connectivity index (χ1v) is 17.3. The molecule has 4 N–H and O–H groups in total. The molecule has 2 atom stereocenters. The molecule has 3 aromatic carbocycles. The second-order valence-corrected chi connectivity index (χ2v) is 11.5. The molecule has 3 heterocycles. The Morgan fingerprint density at radius 3 is 1.89 bits per heavy atom. The fourth-order valence-electron chi connectivity index (χ4n) is 5.21. The molecule has 3 aromatic rings. The van der Waals surface area contributed by atoms with Crippen LogP contribution in [0.2, 0.25) is 0 Å². The van der Waals surface area contributed by atoms with Crippen LogP contribution in [0.1, 0.15) is 75.1 Å². The summed E-state index contributed by atoms with van der Waals surface area (Å²) in [6.07, 6.45) is 2.78. The highest BCUT2D eigenvalue weighted by Gasteiger charge is 2.23. The summed E-state index contributed by atoms with van der Waals surface area (Å²) in [6, 6.07) is 23.9. The largest absolute Gasteiger partial charge is 0.389 e. The van der Waals surface area contributed by atoms with Crippen LogP contribution >= 0.6 is 0 Å². The molecule has 3 fully saturated rings. The van der Waals surface area contributed by atoms with E-state index in [1.54, 1.807) is 0 Å². The van der Waals surface area contributed by atoms with Crippen LogP contribution in [0.3, 0.4) is 0 Å². The molecule has 0 aromatic heterocycles. The number of aliphatic hydroxyl groups is 1. The van der Waals surface area contributed by atoms with Gasteiger partial charge in [0.25, 0.3) is 0 Å². The second kappa shape index (κ2) is 22.4. The third-order valence-corrected chi connectivity index (χ3v) is 8.08. The highest BCUT2D eigenvalue weighted by molar-refractivity contribution is 5.56. The highest BCUT2D eigenvalue weighted by atomic mass is 16.5. The summed E-state index contributed by atoms with van der Waals surface area (Å²) in [7, 11) is 1.89. The van der Waals surface area contributed by atoms with Crippen LogP contribution in [-0.2, 0) is 14.2 Å². The van der Waals surface area contributed by atoms with Crippen molar-refractivity contribution in [2.24, 2.45) is 0 Å². The van der Waals surface area contributed by atoms with Crippen LogP contribution in [0.5, 0.6) is 0 Å². The van der Waals surface area contributed by atoms with E-state index in [1.807, 2.05) is 59.0 Å². The van der Waals surface area contributed by atoms with Gasteiger partial charge in [0.2, 0.25) is 0 Å². The standard InChI is InChI=1S/C12H18N2O2.C12H16O.C11H15NO.2C2H6/c1-13-9-3-2-4-10(7-9)14-11-5-6-16-8-12(11)15;1-10-3-2-4-12(9-10)11-5-7-13-8-6-11;1-8-3-4-10(5-9(8)2)12-11-6-13-7-11;2*1-2/h2-4,7,11-15H,5-6,8H2,1H3;2-4,9,11H,5-8H2,1H3;3-5,11-12H,6-7H2,1-2H3;2*1-2H3. The summed E-state index contributed by atoms with van der Waals surface area (Å²) in [4.78, 5) is 0. The molecule has 3 aliphatic heterocycles. The lowest BCUT2D eigenvalue weighted by Gasteiger charge is -2.29. The zero-order valence-corrected chi connectivity index (χ0v) is 29.7. The van der Waals surface area contributed by atoms with Gasteiger partial charge >= 0.3 is 0 Å². The molecule has 256 valence electrons. The molecule has 2 unspecified atom stereocenters. The predicted octanol–water partition coefficient (Wildman–Crippen LogP) is 8.35. The minimum atomic E-state index is -0.424. The van der Waals surface area contributed by atoms with E-state index < -0.39 is 6.10 Å². The molecule has 0 amide bonds. The molecule has 6 rings (SSSR count). The molecule has 0 saturated carbocycles. The molecule has 0 radical (unpaired) electrons. The van der Waals surface area contributed by atoms with Crippen LogP contribution in [-0.4, -0.2) is 70.0 Å². The van der Waals surface area contributed by atoms with Gasteiger partial charge in [0.15, 0.2) is 0 Å².